The molecule has 0 saturated heterocycles. The fourth-order valence-corrected chi connectivity index (χ4v) is 14.7. The van der Waals surface area contributed by atoms with Gasteiger partial charge in [0, 0.05) is 11.9 Å². The van der Waals surface area contributed by atoms with Crippen molar-refractivity contribution in [3.63, 3.8) is 0 Å². The highest BCUT2D eigenvalue weighted by Gasteiger charge is 2.44. The van der Waals surface area contributed by atoms with E-state index in [0.29, 0.717) is 0 Å². The first-order valence-corrected chi connectivity index (χ1v) is 23.1. The molecule has 0 amide bonds. The van der Waals surface area contributed by atoms with Crippen molar-refractivity contribution < 1.29 is 19.8 Å². The standard InChI is InChI=1S/2C23H26P.2C2H4O2/c2*1-5-24(21-12-6-18(2)7-13-21,22-14-8-19(3)9-15-22)23-16-10-20(4)11-17-23;2*1-2(3)4/h2*6-17H,5H2,1-4H3;2*1H3,(H,3,4)/q2*+1;;/p-2. The van der Waals surface area contributed by atoms with Gasteiger partial charge in [0.25, 0.3) is 0 Å². The molecular formula is C50H58O4P2. The molecule has 0 radical (unpaired) electrons. The second-order valence-electron chi connectivity index (χ2n) is 14.2. The maximum absolute atomic E-state index is 8.89. The molecular weight excluding hydrogens is 726 g/mol. The number of carbonyl (C=O) groups is 2. The van der Waals surface area contributed by atoms with Crippen molar-refractivity contribution in [1.29, 1.82) is 0 Å². The van der Waals surface area contributed by atoms with E-state index in [0.717, 1.165) is 26.2 Å². The van der Waals surface area contributed by atoms with Crippen LogP contribution in [0.4, 0.5) is 0 Å². The van der Waals surface area contributed by atoms with Gasteiger partial charge in [-0.1, -0.05) is 106 Å². The van der Waals surface area contributed by atoms with E-state index in [2.05, 4.69) is 201 Å². The number of hydrogen-bond donors (Lipinski definition) is 0. The molecule has 0 aliphatic rings. The van der Waals surface area contributed by atoms with Crippen molar-refractivity contribution in [2.45, 2.75) is 69.2 Å². The van der Waals surface area contributed by atoms with Crippen LogP contribution in [-0.2, 0) is 9.59 Å². The van der Waals surface area contributed by atoms with Gasteiger partial charge in [0.2, 0.25) is 0 Å². The van der Waals surface area contributed by atoms with Gasteiger partial charge in [-0.3, -0.25) is 0 Å². The summed E-state index contributed by atoms with van der Waals surface area (Å²) in [6, 6.07) is 55.1. The summed E-state index contributed by atoms with van der Waals surface area (Å²) >= 11 is 0. The molecule has 0 N–H and O–H groups in total. The first kappa shape index (κ1) is 45.5. The Bertz CT molecular complexity index is 1720. The van der Waals surface area contributed by atoms with E-state index >= 15 is 0 Å². The van der Waals surface area contributed by atoms with Crippen LogP contribution in [0.1, 0.15) is 61.1 Å². The smallest absolute Gasteiger partial charge is 0.111 e. The van der Waals surface area contributed by atoms with Crippen LogP contribution >= 0.6 is 14.5 Å². The van der Waals surface area contributed by atoms with E-state index in [1.807, 2.05) is 0 Å². The van der Waals surface area contributed by atoms with Crippen LogP contribution in [0.15, 0.2) is 146 Å². The fourth-order valence-electron chi connectivity index (χ4n) is 6.79. The number of rotatable bonds is 8. The number of benzene rings is 6. The largest absolute Gasteiger partial charge is 0.550 e. The van der Waals surface area contributed by atoms with Gasteiger partial charge in [-0.25, -0.2) is 0 Å². The monoisotopic (exact) mass is 784 g/mol. The molecule has 4 nitrogen and oxygen atoms in total. The summed E-state index contributed by atoms with van der Waals surface area (Å²) in [5.74, 6) is -2.17. The van der Waals surface area contributed by atoms with Gasteiger partial charge in [0.1, 0.15) is 46.4 Å². The lowest BCUT2D eigenvalue weighted by atomic mass is 10.2. The predicted molar refractivity (Wildman–Crippen MR) is 241 cm³/mol. The number of aryl methyl sites for hydroxylation is 6. The second-order valence-corrected chi connectivity index (χ2v) is 21.9. The summed E-state index contributed by atoms with van der Waals surface area (Å²) in [6.45, 7) is 19.6. The predicted octanol–water partition coefficient (Wildman–Crippen LogP) is 7.36. The summed E-state index contributed by atoms with van der Waals surface area (Å²) < 4.78 is 0. The van der Waals surface area contributed by atoms with Gasteiger partial charge < -0.3 is 19.8 Å². The van der Waals surface area contributed by atoms with Crippen molar-refractivity contribution in [1.82, 2.24) is 0 Å². The van der Waals surface area contributed by atoms with E-state index in [4.69, 9.17) is 19.8 Å². The third kappa shape index (κ3) is 12.1. The summed E-state index contributed by atoms with van der Waals surface area (Å²) in [5, 5.41) is 26.6. The lowest BCUT2D eigenvalue weighted by Crippen LogP contribution is -2.32. The molecule has 0 aromatic heterocycles. The van der Waals surface area contributed by atoms with E-state index in [9.17, 15) is 0 Å². The number of carboxylic acid groups (broad SMARTS) is 2. The molecule has 56 heavy (non-hydrogen) atoms. The van der Waals surface area contributed by atoms with Gasteiger partial charge in [0.15, 0.2) is 0 Å². The van der Waals surface area contributed by atoms with Crippen LogP contribution in [0.3, 0.4) is 0 Å². The third-order valence-corrected chi connectivity index (χ3v) is 18.8. The maximum Gasteiger partial charge on any atom is 0.111 e. The molecule has 0 heterocycles. The quantitative estimate of drug-likeness (QED) is 0.151. The van der Waals surface area contributed by atoms with Gasteiger partial charge in [-0.05, 0) is 142 Å². The highest BCUT2D eigenvalue weighted by Crippen LogP contribution is 2.56. The van der Waals surface area contributed by atoms with E-state index in [-0.39, 0.29) is 0 Å². The molecule has 0 unspecified atom stereocenters. The summed E-state index contributed by atoms with van der Waals surface area (Å²) in [7, 11) is -3.19. The highest BCUT2D eigenvalue weighted by atomic mass is 31.2. The molecule has 0 atom stereocenters. The molecule has 0 aliphatic carbocycles. The zero-order valence-electron chi connectivity index (χ0n) is 34.8. The molecule has 292 valence electrons. The highest BCUT2D eigenvalue weighted by molar-refractivity contribution is 7.96. The van der Waals surface area contributed by atoms with Crippen molar-refractivity contribution in [2.24, 2.45) is 0 Å². The Balaban J connectivity index is 0.000000252. The van der Waals surface area contributed by atoms with Gasteiger partial charge >= 0.3 is 0 Å². The van der Waals surface area contributed by atoms with Crippen molar-refractivity contribution in [3.05, 3.63) is 179 Å². The SMILES string of the molecule is CC(=O)[O-].CC(=O)[O-].CC[P+](c1ccc(C)cc1)(c1ccc(C)cc1)c1ccc(C)cc1.CC[P+](c1ccc(C)cc1)(c1ccc(C)cc1)c1ccc(C)cc1. The number of hydrogen-bond acceptors (Lipinski definition) is 4. The normalized spacial score (nSPS) is 10.8. The molecule has 0 bridgehead atoms. The van der Waals surface area contributed by atoms with Crippen LogP contribution in [0.2, 0.25) is 0 Å². The van der Waals surface area contributed by atoms with Crippen LogP contribution in [0.25, 0.3) is 0 Å². The Morgan fingerprint density at radius 1 is 0.339 bits per heavy atom. The van der Waals surface area contributed by atoms with Crippen LogP contribution in [-0.4, -0.2) is 24.3 Å². The van der Waals surface area contributed by atoms with Crippen LogP contribution in [0, 0.1) is 41.5 Å². The van der Waals surface area contributed by atoms with Gasteiger partial charge in [0.05, 0.1) is 12.3 Å². The van der Waals surface area contributed by atoms with Crippen LogP contribution < -0.4 is 42.0 Å². The maximum atomic E-state index is 8.89. The molecule has 0 fully saturated rings. The Labute approximate surface area is 337 Å². The lowest BCUT2D eigenvalue weighted by molar-refractivity contribution is -0.303. The Morgan fingerprint density at radius 2 is 0.446 bits per heavy atom. The number of aliphatic carboxylic acids is 2. The van der Waals surface area contributed by atoms with Crippen molar-refractivity contribution >= 4 is 58.3 Å². The Kier molecular flexibility index (Phi) is 17.4. The molecule has 6 aromatic carbocycles. The second kappa shape index (κ2) is 21.4. The molecule has 6 heteroatoms. The van der Waals surface area contributed by atoms with Crippen LogP contribution in [0.5, 0.6) is 0 Å². The minimum Gasteiger partial charge on any atom is -0.550 e. The van der Waals surface area contributed by atoms with Crippen molar-refractivity contribution in [2.75, 3.05) is 12.3 Å². The fraction of sp³-hybridized carbons (Fsp3) is 0.240. The first-order valence-electron chi connectivity index (χ1n) is 19.1. The molecule has 6 rings (SSSR count). The molecule has 0 aliphatic heterocycles. The lowest BCUT2D eigenvalue weighted by Gasteiger charge is -2.26. The van der Waals surface area contributed by atoms with Crippen molar-refractivity contribution in [3.8, 4) is 0 Å². The Hall–Kier alpha value is -4.88. The van der Waals surface area contributed by atoms with Gasteiger partial charge in [-0.2, -0.15) is 0 Å². The van der Waals surface area contributed by atoms with E-state index in [1.165, 1.54) is 65.2 Å². The zero-order valence-corrected chi connectivity index (χ0v) is 36.6. The summed E-state index contributed by atoms with van der Waals surface area (Å²) in [4.78, 5) is 17.8. The van der Waals surface area contributed by atoms with Gasteiger partial charge in [-0.15, -0.1) is 0 Å². The topological polar surface area (TPSA) is 80.3 Å². The Morgan fingerprint density at radius 3 is 0.536 bits per heavy atom. The molecule has 0 saturated carbocycles. The third-order valence-electron chi connectivity index (χ3n) is 9.80. The van der Waals surface area contributed by atoms with E-state index < -0.39 is 26.5 Å². The molecule has 6 aromatic rings. The summed E-state index contributed by atoms with van der Waals surface area (Å²) in [6.07, 6.45) is 2.28. The minimum absolute atomic E-state index is 0.972. The number of carboxylic acids is 2. The average Bonchev–Trinajstić information content (AvgIpc) is 3.16. The first-order chi connectivity index (χ1) is 26.6. The zero-order chi connectivity index (χ0) is 41.5. The molecule has 0 spiro atoms. The average molecular weight is 785 g/mol. The number of carbonyl (C=O) groups excluding carboxylic acids is 2. The minimum atomic E-state index is -1.59. The van der Waals surface area contributed by atoms with E-state index in [1.54, 1.807) is 0 Å². The summed E-state index contributed by atoms with van der Waals surface area (Å²) in [5.41, 5.74) is 7.92.